The molecule has 4 rings (SSSR count). The average molecular weight is 345 g/mol. The van der Waals surface area contributed by atoms with Crippen molar-refractivity contribution in [3.05, 3.63) is 95.8 Å². The number of aromatic nitrogens is 1. The first-order valence-corrected chi connectivity index (χ1v) is 9.21. The molecule has 0 spiro atoms. The number of aryl methyl sites for hydroxylation is 1. The molecule has 132 valence electrons. The van der Waals surface area contributed by atoms with Crippen LogP contribution in [0.5, 0.6) is 0 Å². The highest BCUT2D eigenvalue weighted by molar-refractivity contribution is 5.89. The summed E-state index contributed by atoms with van der Waals surface area (Å²) in [5.74, 6) is -0.126. The van der Waals surface area contributed by atoms with Crippen LogP contribution in [0, 0.1) is 0 Å². The van der Waals surface area contributed by atoms with E-state index in [1.54, 1.807) is 0 Å². The summed E-state index contributed by atoms with van der Waals surface area (Å²) in [6.07, 6.45) is 3.01. The highest BCUT2D eigenvalue weighted by Gasteiger charge is 2.52. The molecule has 2 heterocycles. The first kappa shape index (κ1) is 16.6. The summed E-state index contributed by atoms with van der Waals surface area (Å²) in [5, 5.41) is 0. The number of esters is 1. The van der Waals surface area contributed by atoms with Gasteiger partial charge in [0.15, 0.2) is 0 Å². The average Bonchev–Trinajstić information content (AvgIpc) is 3.29. The van der Waals surface area contributed by atoms with Crippen molar-refractivity contribution < 1.29 is 9.53 Å². The van der Waals surface area contributed by atoms with Gasteiger partial charge in [0, 0.05) is 24.4 Å². The molecule has 0 saturated heterocycles. The molecular weight excluding hydrogens is 322 g/mol. The SMILES string of the molecule is CCOC(=O)C(c1ccccc1)(c1ccccc1)C1CCn2cccc21. The molecule has 1 aliphatic rings. The van der Waals surface area contributed by atoms with E-state index in [2.05, 4.69) is 47.2 Å². The van der Waals surface area contributed by atoms with E-state index in [1.165, 1.54) is 5.69 Å². The molecule has 0 saturated carbocycles. The van der Waals surface area contributed by atoms with Gasteiger partial charge in [-0.05, 0) is 36.6 Å². The van der Waals surface area contributed by atoms with Crippen LogP contribution in [0.25, 0.3) is 0 Å². The van der Waals surface area contributed by atoms with Crippen LogP contribution in [-0.2, 0) is 21.5 Å². The lowest BCUT2D eigenvalue weighted by Gasteiger charge is -2.37. The van der Waals surface area contributed by atoms with Crippen LogP contribution < -0.4 is 0 Å². The zero-order valence-electron chi connectivity index (χ0n) is 15.0. The predicted molar refractivity (Wildman–Crippen MR) is 102 cm³/mol. The standard InChI is InChI=1S/C23H23NO2/c1-2-26-22(25)23(18-10-5-3-6-11-18,19-12-7-4-8-13-19)20-15-17-24-16-9-14-21(20)24/h3-14,16,20H,2,15,17H2,1H3. The molecule has 0 bridgehead atoms. The van der Waals surface area contributed by atoms with Gasteiger partial charge < -0.3 is 9.30 Å². The van der Waals surface area contributed by atoms with E-state index in [-0.39, 0.29) is 11.9 Å². The zero-order chi connectivity index (χ0) is 18.0. The van der Waals surface area contributed by atoms with Crippen molar-refractivity contribution in [1.29, 1.82) is 0 Å². The van der Waals surface area contributed by atoms with E-state index in [0.29, 0.717) is 6.61 Å². The molecule has 0 radical (unpaired) electrons. The van der Waals surface area contributed by atoms with E-state index >= 15 is 0 Å². The first-order chi connectivity index (χ1) is 12.8. The molecule has 1 atom stereocenters. The number of fused-ring (bicyclic) bond motifs is 1. The summed E-state index contributed by atoms with van der Waals surface area (Å²) in [6.45, 7) is 3.16. The van der Waals surface area contributed by atoms with Gasteiger partial charge in [-0.25, -0.2) is 0 Å². The fourth-order valence-corrected chi connectivity index (χ4v) is 4.40. The second-order valence-electron chi connectivity index (χ2n) is 6.73. The Bertz CT molecular complexity index is 843. The normalized spacial score (nSPS) is 16.3. The maximum Gasteiger partial charge on any atom is 0.321 e. The van der Waals surface area contributed by atoms with Gasteiger partial charge in [-0.3, -0.25) is 4.79 Å². The predicted octanol–water partition coefficient (Wildman–Crippen LogP) is 4.52. The number of carbonyl (C=O) groups excluding carboxylic acids is 1. The maximum absolute atomic E-state index is 13.6. The van der Waals surface area contributed by atoms with Crippen LogP contribution in [-0.4, -0.2) is 17.1 Å². The first-order valence-electron chi connectivity index (χ1n) is 9.21. The molecular formula is C23H23NO2. The Hall–Kier alpha value is -2.81. The number of rotatable bonds is 5. The Balaban J connectivity index is 2.00. The van der Waals surface area contributed by atoms with Crippen molar-refractivity contribution in [2.24, 2.45) is 0 Å². The Morgan fingerprint density at radius 2 is 1.62 bits per heavy atom. The molecule has 0 fully saturated rings. The van der Waals surface area contributed by atoms with Crippen molar-refractivity contribution >= 4 is 5.97 Å². The molecule has 1 aromatic heterocycles. The van der Waals surface area contributed by atoms with Crippen LogP contribution in [0.3, 0.4) is 0 Å². The van der Waals surface area contributed by atoms with Gasteiger partial charge >= 0.3 is 5.97 Å². The van der Waals surface area contributed by atoms with Gasteiger partial charge in [0.05, 0.1) is 6.61 Å². The molecule has 0 aliphatic carbocycles. The summed E-state index contributed by atoms with van der Waals surface area (Å²) in [4.78, 5) is 13.6. The van der Waals surface area contributed by atoms with Crippen molar-refractivity contribution in [1.82, 2.24) is 4.57 Å². The molecule has 3 heteroatoms. The number of hydrogen-bond acceptors (Lipinski definition) is 2. The third kappa shape index (κ3) is 2.47. The third-order valence-corrected chi connectivity index (χ3v) is 5.46. The minimum atomic E-state index is -0.842. The highest BCUT2D eigenvalue weighted by atomic mass is 16.5. The minimum Gasteiger partial charge on any atom is -0.465 e. The number of ether oxygens (including phenoxy) is 1. The maximum atomic E-state index is 13.6. The van der Waals surface area contributed by atoms with Crippen molar-refractivity contribution in [3.8, 4) is 0 Å². The summed E-state index contributed by atoms with van der Waals surface area (Å²) in [5.41, 5.74) is 2.34. The van der Waals surface area contributed by atoms with Gasteiger partial charge in [-0.2, -0.15) is 0 Å². The Kier molecular flexibility index (Phi) is 4.37. The van der Waals surface area contributed by atoms with E-state index < -0.39 is 5.41 Å². The minimum absolute atomic E-state index is 0.0429. The van der Waals surface area contributed by atoms with Gasteiger partial charge in [0.2, 0.25) is 0 Å². The molecule has 3 aromatic rings. The van der Waals surface area contributed by atoms with Crippen LogP contribution in [0.1, 0.15) is 36.1 Å². The van der Waals surface area contributed by atoms with E-state index in [0.717, 1.165) is 24.1 Å². The van der Waals surface area contributed by atoms with Crippen LogP contribution in [0.4, 0.5) is 0 Å². The van der Waals surface area contributed by atoms with Crippen LogP contribution in [0.2, 0.25) is 0 Å². The second-order valence-corrected chi connectivity index (χ2v) is 6.73. The third-order valence-electron chi connectivity index (χ3n) is 5.46. The summed E-state index contributed by atoms with van der Waals surface area (Å²) in [6, 6.07) is 24.4. The van der Waals surface area contributed by atoms with E-state index in [4.69, 9.17) is 4.74 Å². The Morgan fingerprint density at radius 3 is 2.19 bits per heavy atom. The van der Waals surface area contributed by atoms with Crippen LogP contribution >= 0.6 is 0 Å². The van der Waals surface area contributed by atoms with Crippen molar-refractivity contribution in [2.75, 3.05) is 6.61 Å². The molecule has 2 aromatic carbocycles. The second kappa shape index (κ2) is 6.83. The van der Waals surface area contributed by atoms with Gasteiger partial charge in [-0.15, -0.1) is 0 Å². The Morgan fingerprint density at radius 1 is 1.00 bits per heavy atom. The van der Waals surface area contributed by atoms with E-state index in [9.17, 15) is 4.79 Å². The van der Waals surface area contributed by atoms with Crippen molar-refractivity contribution in [2.45, 2.75) is 31.2 Å². The quantitative estimate of drug-likeness (QED) is 0.637. The van der Waals surface area contributed by atoms with Gasteiger partial charge in [0.25, 0.3) is 0 Å². The van der Waals surface area contributed by atoms with Gasteiger partial charge in [0.1, 0.15) is 5.41 Å². The van der Waals surface area contributed by atoms with Crippen molar-refractivity contribution in [3.63, 3.8) is 0 Å². The topological polar surface area (TPSA) is 31.2 Å². The molecule has 1 unspecified atom stereocenters. The number of benzene rings is 2. The molecule has 26 heavy (non-hydrogen) atoms. The monoisotopic (exact) mass is 345 g/mol. The van der Waals surface area contributed by atoms with Crippen LogP contribution in [0.15, 0.2) is 79.0 Å². The van der Waals surface area contributed by atoms with E-state index in [1.807, 2.05) is 43.3 Å². The lowest BCUT2D eigenvalue weighted by atomic mass is 9.64. The Labute approximate surface area is 154 Å². The molecule has 1 aliphatic heterocycles. The summed E-state index contributed by atoms with van der Waals surface area (Å²) in [7, 11) is 0. The highest BCUT2D eigenvalue weighted by Crippen LogP contribution is 2.50. The fourth-order valence-electron chi connectivity index (χ4n) is 4.40. The smallest absolute Gasteiger partial charge is 0.321 e. The lowest BCUT2D eigenvalue weighted by molar-refractivity contribution is -0.149. The molecule has 3 nitrogen and oxygen atoms in total. The largest absolute Gasteiger partial charge is 0.465 e. The zero-order valence-corrected chi connectivity index (χ0v) is 15.0. The number of nitrogens with zero attached hydrogens (tertiary/aromatic N) is 1. The number of hydrogen-bond donors (Lipinski definition) is 0. The lowest BCUT2D eigenvalue weighted by Crippen LogP contribution is -2.43. The summed E-state index contributed by atoms with van der Waals surface area (Å²) < 4.78 is 7.93. The summed E-state index contributed by atoms with van der Waals surface area (Å²) >= 11 is 0. The van der Waals surface area contributed by atoms with Gasteiger partial charge in [-0.1, -0.05) is 60.7 Å². The number of carbonyl (C=O) groups is 1. The fraction of sp³-hybridized carbons (Fsp3) is 0.261. The molecule has 0 N–H and O–H groups in total. The molecule has 0 amide bonds.